The predicted octanol–water partition coefficient (Wildman–Crippen LogP) is 3.38. The molecule has 0 aliphatic heterocycles. The largest absolute Gasteiger partial charge is 0.396 e. The first-order valence-corrected chi connectivity index (χ1v) is 7.53. The van der Waals surface area contributed by atoms with E-state index in [4.69, 9.17) is 5.11 Å². The molecule has 0 heterocycles. The maximum atomic E-state index is 12.4. The zero-order valence-electron chi connectivity index (χ0n) is 12.5. The van der Waals surface area contributed by atoms with Crippen LogP contribution in [-0.4, -0.2) is 17.6 Å². The Balaban J connectivity index is 2.00. The van der Waals surface area contributed by atoms with E-state index in [2.05, 4.69) is 19.2 Å². The molecule has 1 aliphatic carbocycles. The summed E-state index contributed by atoms with van der Waals surface area (Å²) < 4.78 is 0. The normalized spacial score (nSPS) is 21.4. The number of carbonyl (C=O) groups is 1. The number of rotatable bonds is 4. The van der Waals surface area contributed by atoms with Gasteiger partial charge >= 0.3 is 0 Å². The number of aliphatic hydroxyl groups excluding tert-OH is 1. The van der Waals surface area contributed by atoms with Gasteiger partial charge in [-0.1, -0.05) is 38.8 Å². The SMILES string of the molecule is CC1(C)CCCCC1C(=O)Nc1ccc(CCO)cc1. The molecule has 3 heteroatoms. The van der Waals surface area contributed by atoms with Crippen molar-refractivity contribution in [1.29, 1.82) is 0 Å². The third kappa shape index (κ3) is 3.60. The zero-order chi connectivity index (χ0) is 14.6. The molecule has 1 atom stereocenters. The third-order valence-electron chi connectivity index (χ3n) is 4.45. The fourth-order valence-electron chi connectivity index (χ4n) is 3.09. The number of amides is 1. The van der Waals surface area contributed by atoms with Gasteiger partial charge in [-0.2, -0.15) is 0 Å². The van der Waals surface area contributed by atoms with Crippen LogP contribution in [0.3, 0.4) is 0 Å². The van der Waals surface area contributed by atoms with Crippen LogP contribution in [-0.2, 0) is 11.2 Å². The van der Waals surface area contributed by atoms with Crippen molar-refractivity contribution < 1.29 is 9.90 Å². The Labute approximate surface area is 121 Å². The summed E-state index contributed by atoms with van der Waals surface area (Å²) in [6.45, 7) is 4.55. The Morgan fingerprint density at radius 2 is 2.00 bits per heavy atom. The van der Waals surface area contributed by atoms with Crippen LogP contribution in [0, 0.1) is 11.3 Å². The summed E-state index contributed by atoms with van der Waals surface area (Å²) in [5, 5.41) is 11.9. The van der Waals surface area contributed by atoms with Crippen molar-refractivity contribution in [3.63, 3.8) is 0 Å². The van der Waals surface area contributed by atoms with Gasteiger partial charge in [-0.25, -0.2) is 0 Å². The van der Waals surface area contributed by atoms with Gasteiger partial charge in [-0.05, 0) is 42.4 Å². The second-order valence-corrected chi connectivity index (χ2v) is 6.45. The minimum atomic E-state index is 0.0964. The van der Waals surface area contributed by atoms with Crippen LogP contribution in [0.2, 0.25) is 0 Å². The van der Waals surface area contributed by atoms with Crippen LogP contribution >= 0.6 is 0 Å². The lowest BCUT2D eigenvalue weighted by molar-refractivity contribution is -0.124. The molecule has 3 nitrogen and oxygen atoms in total. The number of hydrogen-bond acceptors (Lipinski definition) is 2. The Hall–Kier alpha value is -1.35. The summed E-state index contributed by atoms with van der Waals surface area (Å²) in [7, 11) is 0. The highest BCUT2D eigenvalue weighted by Gasteiger charge is 2.36. The molecule has 2 rings (SSSR count). The molecule has 0 bridgehead atoms. The molecule has 0 aromatic heterocycles. The van der Waals surface area contributed by atoms with E-state index < -0.39 is 0 Å². The minimum Gasteiger partial charge on any atom is -0.396 e. The Morgan fingerprint density at radius 1 is 1.30 bits per heavy atom. The number of hydrogen-bond donors (Lipinski definition) is 2. The standard InChI is InChI=1S/C17H25NO2/c1-17(2)11-4-3-5-15(17)16(20)18-14-8-6-13(7-9-14)10-12-19/h6-9,15,19H,3-5,10-12H2,1-2H3,(H,18,20). The van der Waals surface area contributed by atoms with Gasteiger partial charge in [0.25, 0.3) is 0 Å². The fourth-order valence-corrected chi connectivity index (χ4v) is 3.09. The van der Waals surface area contributed by atoms with E-state index in [1.165, 1.54) is 6.42 Å². The summed E-state index contributed by atoms with van der Waals surface area (Å²) in [4.78, 5) is 12.4. The lowest BCUT2D eigenvalue weighted by Crippen LogP contribution is -2.37. The van der Waals surface area contributed by atoms with Gasteiger partial charge < -0.3 is 10.4 Å². The van der Waals surface area contributed by atoms with E-state index in [1.807, 2.05) is 24.3 Å². The maximum Gasteiger partial charge on any atom is 0.228 e. The minimum absolute atomic E-state index is 0.0964. The van der Waals surface area contributed by atoms with Crippen molar-refractivity contribution in [3.05, 3.63) is 29.8 Å². The van der Waals surface area contributed by atoms with E-state index in [9.17, 15) is 4.79 Å². The highest BCUT2D eigenvalue weighted by Crippen LogP contribution is 2.41. The first-order chi connectivity index (χ1) is 9.53. The maximum absolute atomic E-state index is 12.4. The van der Waals surface area contributed by atoms with Crippen molar-refractivity contribution >= 4 is 11.6 Å². The van der Waals surface area contributed by atoms with Crippen LogP contribution in [0.1, 0.15) is 45.1 Å². The van der Waals surface area contributed by atoms with Gasteiger partial charge in [-0.15, -0.1) is 0 Å². The molecule has 0 spiro atoms. The Morgan fingerprint density at radius 3 is 2.60 bits per heavy atom. The number of anilines is 1. The second kappa shape index (κ2) is 6.40. The molecule has 0 saturated heterocycles. The fraction of sp³-hybridized carbons (Fsp3) is 0.588. The number of benzene rings is 1. The summed E-state index contributed by atoms with van der Waals surface area (Å²) >= 11 is 0. The average molecular weight is 275 g/mol. The van der Waals surface area contributed by atoms with Crippen LogP contribution in [0.25, 0.3) is 0 Å². The van der Waals surface area contributed by atoms with E-state index >= 15 is 0 Å². The molecular weight excluding hydrogens is 250 g/mol. The molecular formula is C17H25NO2. The first kappa shape index (κ1) is 15.0. The van der Waals surface area contributed by atoms with Crippen molar-refractivity contribution in [1.82, 2.24) is 0 Å². The predicted molar refractivity (Wildman–Crippen MR) is 81.6 cm³/mol. The molecule has 20 heavy (non-hydrogen) atoms. The Kier molecular flexibility index (Phi) is 4.81. The zero-order valence-corrected chi connectivity index (χ0v) is 12.5. The number of carbonyl (C=O) groups excluding carboxylic acids is 1. The topological polar surface area (TPSA) is 49.3 Å². The van der Waals surface area contributed by atoms with Gasteiger partial charge in [0.1, 0.15) is 0 Å². The van der Waals surface area contributed by atoms with Gasteiger partial charge in [0.2, 0.25) is 5.91 Å². The van der Waals surface area contributed by atoms with E-state index in [0.29, 0.717) is 6.42 Å². The third-order valence-corrected chi connectivity index (χ3v) is 4.45. The first-order valence-electron chi connectivity index (χ1n) is 7.53. The molecule has 1 aliphatic rings. The number of aliphatic hydroxyl groups is 1. The van der Waals surface area contributed by atoms with Crippen molar-refractivity contribution in [2.75, 3.05) is 11.9 Å². The Bertz CT molecular complexity index is 451. The van der Waals surface area contributed by atoms with Crippen molar-refractivity contribution in [2.45, 2.75) is 46.0 Å². The van der Waals surface area contributed by atoms with Crippen LogP contribution < -0.4 is 5.32 Å². The summed E-state index contributed by atoms with van der Waals surface area (Å²) in [6, 6.07) is 7.74. The van der Waals surface area contributed by atoms with Gasteiger partial charge in [0.05, 0.1) is 0 Å². The highest BCUT2D eigenvalue weighted by atomic mass is 16.2. The molecule has 1 fully saturated rings. The molecule has 1 unspecified atom stereocenters. The van der Waals surface area contributed by atoms with E-state index in [0.717, 1.165) is 30.5 Å². The highest BCUT2D eigenvalue weighted by molar-refractivity contribution is 5.93. The average Bonchev–Trinajstić information content (AvgIpc) is 2.40. The smallest absolute Gasteiger partial charge is 0.228 e. The summed E-state index contributed by atoms with van der Waals surface area (Å²) in [5.41, 5.74) is 2.03. The molecule has 1 amide bonds. The number of nitrogens with one attached hydrogen (secondary N) is 1. The molecule has 1 aromatic carbocycles. The lowest BCUT2D eigenvalue weighted by Gasteiger charge is -2.37. The van der Waals surface area contributed by atoms with E-state index in [-0.39, 0.29) is 23.8 Å². The van der Waals surface area contributed by atoms with Gasteiger partial charge in [0, 0.05) is 18.2 Å². The van der Waals surface area contributed by atoms with Crippen molar-refractivity contribution in [2.24, 2.45) is 11.3 Å². The summed E-state index contributed by atoms with van der Waals surface area (Å²) in [5.74, 6) is 0.248. The van der Waals surface area contributed by atoms with Gasteiger partial charge in [-0.3, -0.25) is 4.79 Å². The van der Waals surface area contributed by atoms with Crippen LogP contribution in [0.15, 0.2) is 24.3 Å². The van der Waals surface area contributed by atoms with Crippen LogP contribution in [0.5, 0.6) is 0 Å². The second-order valence-electron chi connectivity index (χ2n) is 6.45. The van der Waals surface area contributed by atoms with Gasteiger partial charge in [0.15, 0.2) is 0 Å². The molecule has 1 aromatic rings. The molecule has 110 valence electrons. The van der Waals surface area contributed by atoms with Crippen LogP contribution in [0.4, 0.5) is 5.69 Å². The van der Waals surface area contributed by atoms with Crippen molar-refractivity contribution in [3.8, 4) is 0 Å². The lowest BCUT2D eigenvalue weighted by atomic mass is 9.68. The molecule has 1 saturated carbocycles. The monoisotopic (exact) mass is 275 g/mol. The molecule has 0 radical (unpaired) electrons. The summed E-state index contributed by atoms with van der Waals surface area (Å²) in [6.07, 6.45) is 5.15. The quantitative estimate of drug-likeness (QED) is 0.885. The molecule has 2 N–H and O–H groups in total. The van der Waals surface area contributed by atoms with E-state index in [1.54, 1.807) is 0 Å².